The minimum atomic E-state index is -0.449. The molecule has 152 valence electrons. The summed E-state index contributed by atoms with van der Waals surface area (Å²) in [6.07, 6.45) is 4.71. The zero-order valence-corrected chi connectivity index (χ0v) is 16.6. The van der Waals surface area contributed by atoms with Crippen molar-refractivity contribution < 1.29 is 14.3 Å². The summed E-state index contributed by atoms with van der Waals surface area (Å²) in [6.45, 7) is 2.06. The third-order valence-electron chi connectivity index (χ3n) is 4.79. The van der Waals surface area contributed by atoms with E-state index in [1.165, 1.54) is 0 Å². The van der Waals surface area contributed by atoms with Gasteiger partial charge in [0.1, 0.15) is 0 Å². The van der Waals surface area contributed by atoms with Crippen LogP contribution in [0.3, 0.4) is 0 Å². The number of para-hydroxylation sites is 1. The molecule has 0 radical (unpaired) electrons. The summed E-state index contributed by atoms with van der Waals surface area (Å²) in [5, 5.41) is 8.29. The fraction of sp³-hybridized carbons (Fsp3) is 0.174. The van der Waals surface area contributed by atoms with Crippen LogP contribution in [0.25, 0.3) is 16.6 Å². The van der Waals surface area contributed by atoms with Gasteiger partial charge in [0.05, 0.1) is 12.3 Å². The molecule has 0 atom stereocenters. The van der Waals surface area contributed by atoms with Crippen LogP contribution in [0.15, 0.2) is 67.0 Å². The molecule has 0 aliphatic carbocycles. The Morgan fingerprint density at radius 1 is 1.10 bits per heavy atom. The molecular formula is C23H22N4O3. The molecule has 0 fully saturated rings. The van der Waals surface area contributed by atoms with E-state index in [9.17, 15) is 9.59 Å². The number of aromatic amines is 1. The van der Waals surface area contributed by atoms with Gasteiger partial charge in [0.2, 0.25) is 5.91 Å². The van der Waals surface area contributed by atoms with Crippen molar-refractivity contribution in [3.05, 3.63) is 78.2 Å². The number of rotatable bonds is 7. The molecule has 4 rings (SSSR count). The summed E-state index contributed by atoms with van der Waals surface area (Å²) < 4.78 is 6.54. The van der Waals surface area contributed by atoms with Crippen LogP contribution in [0.4, 0.5) is 5.69 Å². The Kier molecular flexibility index (Phi) is 5.61. The Morgan fingerprint density at radius 3 is 2.70 bits per heavy atom. The highest BCUT2D eigenvalue weighted by molar-refractivity contribution is 5.91. The maximum absolute atomic E-state index is 12.3. The largest absolute Gasteiger partial charge is 0.461 e. The number of anilines is 1. The molecule has 7 heteroatoms. The molecule has 0 bridgehead atoms. The number of carbonyl (C=O) groups excluding carboxylic acids is 2. The summed E-state index contributed by atoms with van der Waals surface area (Å²) in [5.74, 6) is -0.493. The Morgan fingerprint density at radius 2 is 1.90 bits per heavy atom. The van der Waals surface area contributed by atoms with E-state index in [2.05, 4.69) is 21.5 Å². The van der Waals surface area contributed by atoms with E-state index in [0.717, 1.165) is 22.2 Å². The fourth-order valence-corrected chi connectivity index (χ4v) is 3.29. The smallest absolute Gasteiger partial charge is 0.358 e. The molecule has 0 aliphatic rings. The molecule has 2 aromatic heterocycles. The van der Waals surface area contributed by atoms with Gasteiger partial charge in [-0.3, -0.25) is 4.79 Å². The predicted molar refractivity (Wildman–Crippen MR) is 115 cm³/mol. The number of amides is 1. The second kappa shape index (κ2) is 8.65. The lowest BCUT2D eigenvalue weighted by Crippen LogP contribution is -2.12. The van der Waals surface area contributed by atoms with Gasteiger partial charge in [0, 0.05) is 35.4 Å². The number of aromatic nitrogens is 3. The van der Waals surface area contributed by atoms with Gasteiger partial charge in [-0.2, -0.15) is 5.10 Å². The molecule has 2 aromatic carbocycles. The fourth-order valence-electron chi connectivity index (χ4n) is 3.29. The molecule has 30 heavy (non-hydrogen) atoms. The second-order valence-electron chi connectivity index (χ2n) is 6.82. The van der Waals surface area contributed by atoms with Gasteiger partial charge in [0.25, 0.3) is 0 Å². The van der Waals surface area contributed by atoms with Crippen molar-refractivity contribution in [2.24, 2.45) is 0 Å². The van der Waals surface area contributed by atoms with Crippen molar-refractivity contribution >= 4 is 28.5 Å². The summed E-state index contributed by atoms with van der Waals surface area (Å²) in [7, 11) is 0. The molecular weight excluding hydrogens is 380 g/mol. The van der Waals surface area contributed by atoms with Crippen LogP contribution < -0.4 is 5.32 Å². The Hall–Kier alpha value is -3.87. The van der Waals surface area contributed by atoms with Gasteiger partial charge in [-0.25, -0.2) is 9.48 Å². The molecule has 0 spiro atoms. The van der Waals surface area contributed by atoms with Crippen molar-refractivity contribution in [2.75, 3.05) is 11.9 Å². The number of ether oxygens (including phenoxy) is 1. The Bertz CT molecular complexity index is 1170. The van der Waals surface area contributed by atoms with E-state index < -0.39 is 5.97 Å². The third-order valence-corrected chi connectivity index (χ3v) is 4.79. The van der Waals surface area contributed by atoms with E-state index >= 15 is 0 Å². The minimum Gasteiger partial charge on any atom is -0.461 e. The molecule has 0 aliphatic heterocycles. The van der Waals surface area contributed by atoms with Gasteiger partial charge in [-0.15, -0.1) is 0 Å². The topological polar surface area (TPSA) is 89.0 Å². The number of nitrogens with zero attached hydrogens (tertiary/aromatic N) is 2. The number of nitrogens with one attached hydrogen (secondary N) is 2. The average Bonchev–Trinajstić information content (AvgIpc) is 3.41. The van der Waals surface area contributed by atoms with Crippen LogP contribution >= 0.6 is 0 Å². The highest BCUT2D eigenvalue weighted by atomic mass is 16.5. The normalized spacial score (nSPS) is 10.8. The molecule has 7 nitrogen and oxygen atoms in total. The summed E-state index contributed by atoms with van der Waals surface area (Å²) in [6, 6.07) is 17.0. The number of benzene rings is 2. The Labute approximate surface area is 173 Å². The van der Waals surface area contributed by atoms with Gasteiger partial charge in [-0.1, -0.05) is 18.2 Å². The summed E-state index contributed by atoms with van der Waals surface area (Å²) >= 11 is 0. The molecule has 0 unspecified atom stereocenters. The molecule has 2 heterocycles. The third kappa shape index (κ3) is 4.25. The van der Waals surface area contributed by atoms with Crippen LogP contribution in [0.2, 0.25) is 0 Å². The van der Waals surface area contributed by atoms with Crippen molar-refractivity contribution in [3.63, 3.8) is 0 Å². The number of fused-ring (bicyclic) bond motifs is 1. The van der Waals surface area contributed by atoms with E-state index in [4.69, 9.17) is 4.74 Å². The number of hydrogen-bond acceptors (Lipinski definition) is 4. The number of aryl methyl sites for hydroxylation is 1. The lowest BCUT2D eigenvalue weighted by molar-refractivity contribution is -0.116. The van der Waals surface area contributed by atoms with E-state index in [1.807, 2.05) is 48.7 Å². The van der Waals surface area contributed by atoms with Crippen molar-refractivity contribution in [3.8, 4) is 5.69 Å². The van der Waals surface area contributed by atoms with Crippen molar-refractivity contribution in [1.82, 2.24) is 14.8 Å². The molecule has 4 aromatic rings. The molecule has 2 N–H and O–H groups in total. The SMILES string of the molecule is CCOC(=O)c1ccn(-c2ccc(NC(=O)CCc3c[nH]c4ccccc34)cc2)n1. The van der Waals surface area contributed by atoms with Crippen LogP contribution in [0.1, 0.15) is 29.4 Å². The number of H-pyrrole nitrogens is 1. The molecule has 0 saturated carbocycles. The first-order chi connectivity index (χ1) is 14.6. The van der Waals surface area contributed by atoms with Crippen molar-refractivity contribution in [1.29, 1.82) is 0 Å². The maximum Gasteiger partial charge on any atom is 0.358 e. The second-order valence-corrected chi connectivity index (χ2v) is 6.82. The first-order valence-electron chi connectivity index (χ1n) is 9.82. The van der Waals surface area contributed by atoms with Gasteiger partial charge in [-0.05, 0) is 55.3 Å². The van der Waals surface area contributed by atoms with E-state index in [1.54, 1.807) is 23.9 Å². The van der Waals surface area contributed by atoms with Crippen molar-refractivity contribution in [2.45, 2.75) is 19.8 Å². The van der Waals surface area contributed by atoms with Crippen LogP contribution in [0, 0.1) is 0 Å². The van der Waals surface area contributed by atoms with E-state index in [0.29, 0.717) is 25.1 Å². The van der Waals surface area contributed by atoms with Gasteiger partial charge in [0.15, 0.2) is 5.69 Å². The standard InChI is InChI=1S/C23H22N4O3/c1-2-30-23(29)21-13-14-27(26-21)18-10-8-17(9-11-18)25-22(28)12-7-16-15-24-20-6-4-3-5-19(16)20/h3-6,8-11,13-15,24H,2,7,12H2,1H3,(H,25,28). The minimum absolute atomic E-state index is 0.0447. The average molecular weight is 402 g/mol. The summed E-state index contributed by atoms with van der Waals surface area (Å²) in [5.41, 5.74) is 3.95. The lowest BCUT2D eigenvalue weighted by atomic mass is 10.1. The summed E-state index contributed by atoms with van der Waals surface area (Å²) in [4.78, 5) is 27.3. The zero-order chi connectivity index (χ0) is 20.9. The van der Waals surface area contributed by atoms with E-state index in [-0.39, 0.29) is 11.6 Å². The highest BCUT2D eigenvalue weighted by Crippen LogP contribution is 2.19. The van der Waals surface area contributed by atoms with Gasteiger partial charge < -0.3 is 15.0 Å². The van der Waals surface area contributed by atoms with Crippen LogP contribution in [-0.4, -0.2) is 33.2 Å². The highest BCUT2D eigenvalue weighted by Gasteiger charge is 2.11. The monoisotopic (exact) mass is 402 g/mol. The van der Waals surface area contributed by atoms with Gasteiger partial charge >= 0.3 is 5.97 Å². The maximum atomic E-state index is 12.3. The zero-order valence-electron chi connectivity index (χ0n) is 16.6. The molecule has 0 saturated heterocycles. The van der Waals surface area contributed by atoms with Crippen LogP contribution in [-0.2, 0) is 16.0 Å². The molecule has 1 amide bonds. The Balaban J connectivity index is 1.35. The first kappa shape index (κ1) is 19.4. The van der Waals surface area contributed by atoms with Crippen LogP contribution in [0.5, 0.6) is 0 Å². The quantitative estimate of drug-likeness (QED) is 0.456. The number of carbonyl (C=O) groups is 2. The number of esters is 1. The first-order valence-corrected chi connectivity index (χ1v) is 9.82. The predicted octanol–water partition coefficient (Wildman–Crippen LogP) is 4.10. The lowest BCUT2D eigenvalue weighted by Gasteiger charge is -2.07. The number of hydrogen-bond donors (Lipinski definition) is 2.